The van der Waals surface area contributed by atoms with Crippen molar-refractivity contribution in [2.75, 3.05) is 26.2 Å². The highest BCUT2D eigenvalue weighted by Gasteiger charge is 2.30. The second-order valence-corrected chi connectivity index (χ2v) is 5.22. The fourth-order valence-electron chi connectivity index (χ4n) is 2.82. The van der Waals surface area contributed by atoms with Gasteiger partial charge in [0.25, 0.3) is 0 Å². The van der Waals surface area contributed by atoms with Crippen molar-refractivity contribution >= 4 is 0 Å². The van der Waals surface area contributed by atoms with Crippen molar-refractivity contribution in [3.05, 3.63) is 30.1 Å². The van der Waals surface area contributed by atoms with E-state index in [1.807, 2.05) is 18.3 Å². The average Bonchev–Trinajstić information content (AvgIpc) is 2.89. The maximum absolute atomic E-state index is 5.97. The minimum Gasteiger partial charge on any atom is -0.345 e. The SMILES string of the molecule is c1cncc([C@H]2OC[C@@H](C[NH+]3CCCCC3)O2)c1. The van der Waals surface area contributed by atoms with Gasteiger partial charge in [-0.2, -0.15) is 0 Å². The van der Waals surface area contributed by atoms with Crippen molar-refractivity contribution in [3.63, 3.8) is 0 Å². The predicted octanol–water partition coefficient (Wildman–Crippen LogP) is 0.564. The minimum atomic E-state index is -0.215. The Hall–Kier alpha value is -0.970. The van der Waals surface area contributed by atoms with Crippen LogP contribution in [0.25, 0.3) is 0 Å². The van der Waals surface area contributed by atoms with Gasteiger partial charge in [-0.05, 0) is 25.3 Å². The van der Waals surface area contributed by atoms with Crippen LogP contribution >= 0.6 is 0 Å². The summed E-state index contributed by atoms with van der Waals surface area (Å²) >= 11 is 0. The van der Waals surface area contributed by atoms with Crippen molar-refractivity contribution < 1.29 is 14.4 Å². The predicted molar refractivity (Wildman–Crippen MR) is 67.2 cm³/mol. The highest BCUT2D eigenvalue weighted by molar-refractivity contribution is 5.10. The molecule has 3 heterocycles. The van der Waals surface area contributed by atoms with Gasteiger partial charge in [-0.15, -0.1) is 0 Å². The third-order valence-electron chi connectivity index (χ3n) is 3.78. The quantitative estimate of drug-likeness (QED) is 0.850. The number of hydrogen-bond acceptors (Lipinski definition) is 3. The Bertz CT molecular complexity index is 365. The molecule has 2 fully saturated rings. The van der Waals surface area contributed by atoms with E-state index in [2.05, 4.69) is 4.98 Å². The van der Waals surface area contributed by atoms with E-state index >= 15 is 0 Å². The summed E-state index contributed by atoms with van der Waals surface area (Å²) < 4.78 is 11.7. The van der Waals surface area contributed by atoms with E-state index in [1.165, 1.54) is 32.4 Å². The maximum atomic E-state index is 5.97. The molecule has 0 bridgehead atoms. The lowest BCUT2D eigenvalue weighted by Crippen LogP contribution is -3.13. The van der Waals surface area contributed by atoms with Crippen molar-refractivity contribution in [2.45, 2.75) is 31.7 Å². The Labute approximate surface area is 108 Å². The Morgan fingerprint density at radius 3 is 2.94 bits per heavy atom. The number of pyridine rings is 1. The van der Waals surface area contributed by atoms with E-state index in [-0.39, 0.29) is 12.4 Å². The summed E-state index contributed by atoms with van der Waals surface area (Å²) in [4.78, 5) is 5.77. The first-order valence-electron chi connectivity index (χ1n) is 6.92. The van der Waals surface area contributed by atoms with Crippen molar-refractivity contribution in [1.82, 2.24) is 4.98 Å². The zero-order valence-electron chi connectivity index (χ0n) is 10.7. The Kier molecular flexibility index (Phi) is 3.88. The molecule has 0 radical (unpaired) electrons. The molecule has 3 rings (SSSR count). The summed E-state index contributed by atoms with van der Waals surface area (Å²) in [6.07, 6.45) is 7.72. The van der Waals surface area contributed by atoms with Crippen LogP contribution in [-0.4, -0.2) is 37.3 Å². The largest absolute Gasteiger partial charge is 0.345 e. The van der Waals surface area contributed by atoms with Crippen molar-refractivity contribution in [3.8, 4) is 0 Å². The molecule has 1 aromatic heterocycles. The fourth-order valence-corrected chi connectivity index (χ4v) is 2.82. The zero-order chi connectivity index (χ0) is 12.2. The van der Waals surface area contributed by atoms with Gasteiger partial charge in [-0.25, -0.2) is 0 Å². The van der Waals surface area contributed by atoms with Gasteiger partial charge in [-0.3, -0.25) is 4.98 Å². The van der Waals surface area contributed by atoms with Gasteiger partial charge < -0.3 is 14.4 Å². The molecule has 18 heavy (non-hydrogen) atoms. The molecule has 2 aliphatic heterocycles. The van der Waals surface area contributed by atoms with E-state index in [9.17, 15) is 0 Å². The molecule has 2 aliphatic rings. The lowest BCUT2D eigenvalue weighted by atomic mass is 10.1. The molecule has 98 valence electrons. The van der Waals surface area contributed by atoms with Crippen LogP contribution in [0.2, 0.25) is 0 Å². The molecular formula is C14H21N2O2+. The number of rotatable bonds is 3. The number of nitrogens with zero attached hydrogens (tertiary/aromatic N) is 1. The van der Waals surface area contributed by atoms with Gasteiger partial charge in [0.05, 0.1) is 19.7 Å². The lowest BCUT2D eigenvalue weighted by molar-refractivity contribution is -0.907. The molecule has 0 spiro atoms. The van der Waals surface area contributed by atoms with Gasteiger partial charge in [0.2, 0.25) is 0 Å². The summed E-state index contributed by atoms with van der Waals surface area (Å²) in [6, 6.07) is 3.93. The molecule has 4 heteroatoms. The lowest BCUT2D eigenvalue weighted by Gasteiger charge is -2.25. The number of aromatic nitrogens is 1. The second-order valence-electron chi connectivity index (χ2n) is 5.22. The Morgan fingerprint density at radius 2 is 2.17 bits per heavy atom. The minimum absolute atomic E-state index is 0.215. The zero-order valence-corrected chi connectivity index (χ0v) is 10.7. The van der Waals surface area contributed by atoms with Crippen LogP contribution in [0.5, 0.6) is 0 Å². The van der Waals surface area contributed by atoms with Crippen LogP contribution < -0.4 is 4.90 Å². The van der Waals surface area contributed by atoms with Gasteiger partial charge in [0.1, 0.15) is 12.6 Å². The normalized spacial score (nSPS) is 29.6. The summed E-state index contributed by atoms with van der Waals surface area (Å²) in [6.45, 7) is 4.37. The summed E-state index contributed by atoms with van der Waals surface area (Å²) in [5, 5.41) is 0. The summed E-state index contributed by atoms with van der Waals surface area (Å²) in [7, 11) is 0. The molecule has 0 aliphatic carbocycles. The third-order valence-corrected chi connectivity index (χ3v) is 3.78. The first kappa shape index (κ1) is 12.1. The molecule has 1 aromatic rings. The van der Waals surface area contributed by atoms with Gasteiger partial charge in [-0.1, -0.05) is 6.07 Å². The van der Waals surface area contributed by atoms with Crippen LogP contribution in [0, 0.1) is 0 Å². The molecule has 0 saturated carbocycles. The van der Waals surface area contributed by atoms with Crippen LogP contribution in [0.4, 0.5) is 0 Å². The molecule has 0 amide bonds. The van der Waals surface area contributed by atoms with Crippen molar-refractivity contribution in [1.29, 1.82) is 0 Å². The molecule has 0 unspecified atom stereocenters. The maximum Gasteiger partial charge on any atom is 0.186 e. The smallest absolute Gasteiger partial charge is 0.186 e. The second kappa shape index (κ2) is 5.78. The number of hydrogen-bond donors (Lipinski definition) is 1. The topological polar surface area (TPSA) is 35.8 Å². The first-order chi connectivity index (χ1) is 8.92. The molecule has 0 aromatic carbocycles. The molecule has 1 N–H and O–H groups in total. The fraction of sp³-hybridized carbons (Fsp3) is 0.643. The standard InChI is InChI=1S/C14H20N2O2/c1-2-7-16(8-3-1)10-13-11-17-14(18-13)12-5-4-6-15-9-12/h4-6,9,13-14H,1-3,7-8,10-11H2/p+1/t13-,14+/m1/s1. The highest BCUT2D eigenvalue weighted by Crippen LogP contribution is 2.25. The summed E-state index contributed by atoms with van der Waals surface area (Å²) in [5.41, 5.74) is 1.02. The monoisotopic (exact) mass is 249 g/mol. The van der Waals surface area contributed by atoms with E-state index in [1.54, 1.807) is 11.1 Å². The average molecular weight is 249 g/mol. The van der Waals surface area contributed by atoms with Crippen molar-refractivity contribution in [2.24, 2.45) is 0 Å². The summed E-state index contributed by atoms with van der Waals surface area (Å²) in [5.74, 6) is 0. The van der Waals surface area contributed by atoms with Gasteiger partial charge >= 0.3 is 0 Å². The Morgan fingerprint density at radius 1 is 1.28 bits per heavy atom. The number of quaternary nitrogens is 1. The third kappa shape index (κ3) is 2.88. The van der Waals surface area contributed by atoms with Gasteiger partial charge in [0, 0.05) is 18.0 Å². The van der Waals surface area contributed by atoms with E-state index in [0.717, 1.165) is 12.1 Å². The molecule has 4 nitrogen and oxygen atoms in total. The van der Waals surface area contributed by atoms with Gasteiger partial charge in [0.15, 0.2) is 6.29 Å². The number of piperidine rings is 1. The number of ether oxygens (including phenoxy) is 2. The van der Waals surface area contributed by atoms with E-state index < -0.39 is 0 Å². The molecular weight excluding hydrogens is 228 g/mol. The van der Waals surface area contributed by atoms with E-state index in [4.69, 9.17) is 9.47 Å². The van der Waals surface area contributed by atoms with Crippen LogP contribution in [0.3, 0.4) is 0 Å². The highest BCUT2D eigenvalue weighted by atomic mass is 16.7. The molecule has 2 atom stereocenters. The van der Waals surface area contributed by atoms with Crippen LogP contribution in [0.15, 0.2) is 24.5 Å². The van der Waals surface area contributed by atoms with E-state index in [0.29, 0.717) is 6.61 Å². The first-order valence-corrected chi connectivity index (χ1v) is 6.92. The Balaban J connectivity index is 1.52. The van der Waals surface area contributed by atoms with Crippen LogP contribution in [0.1, 0.15) is 31.1 Å². The molecule has 2 saturated heterocycles. The number of likely N-dealkylation sites (tertiary alicyclic amines) is 1. The van der Waals surface area contributed by atoms with Crippen LogP contribution in [-0.2, 0) is 9.47 Å². The number of nitrogens with one attached hydrogen (secondary N) is 1.